The Bertz CT molecular complexity index is 1520. The number of benzene rings is 1. The van der Waals surface area contributed by atoms with Crippen LogP contribution in [-0.4, -0.2) is 15.9 Å². The van der Waals surface area contributed by atoms with Crippen LogP contribution in [0.15, 0.2) is 35.0 Å². The molecule has 0 saturated carbocycles. The van der Waals surface area contributed by atoms with E-state index in [0.717, 1.165) is 32.7 Å². The van der Waals surface area contributed by atoms with Crippen LogP contribution in [0.5, 0.6) is 0 Å². The smallest absolute Gasteiger partial charge is 0.269 e. The number of nitrogens with zero attached hydrogens (tertiary/aromatic N) is 3. The van der Waals surface area contributed by atoms with Crippen molar-refractivity contribution in [1.82, 2.24) is 9.97 Å². The van der Waals surface area contributed by atoms with Crippen molar-refractivity contribution in [3.8, 4) is 17.2 Å². The normalized spacial score (nSPS) is 11.1. The molecule has 1 aromatic carbocycles. The highest BCUT2D eigenvalue weighted by molar-refractivity contribution is 7.23. The lowest BCUT2D eigenvalue weighted by Gasteiger charge is -2.07. The molecule has 7 nitrogen and oxygen atoms in total. The summed E-state index contributed by atoms with van der Waals surface area (Å²) >= 11 is 4.05. The number of anilines is 3. The molecule has 0 aliphatic rings. The standard InChI is InChI=1S/C21H14N6OS3/c1-9-2-3-12-13(6-9)30-21(25-12)27-19(28)17-16(23)15-14(10-4-5-29-8-10)11(7-22)18(24)26-20(15)31-17/h2-6,8H,23H2,1H3,(H2,24,26)(H,25,27,28). The Morgan fingerprint density at radius 1 is 1.19 bits per heavy atom. The molecule has 0 bridgehead atoms. The molecule has 10 heteroatoms. The summed E-state index contributed by atoms with van der Waals surface area (Å²) in [6, 6.07) is 9.95. The van der Waals surface area contributed by atoms with Crippen molar-refractivity contribution >= 4 is 77.0 Å². The topological polar surface area (TPSA) is 131 Å². The van der Waals surface area contributed by atoms with Gasteiger partial charge >= 0.3 is 0 Å². The van der Waals surface area contributed by atoms with Crippen molar-refractivity contribution in [2.75, 3.05) is 16.8 Å². The molecular weight excluding hydrogens is 448 g/mol. The lowest BCUT2D eigenvalue weighted by atomic mass is 9.99. The van der Waals surface area contributed by atoms with Gasteiger partial charge in [-0.3, -0.25) is 10.1 Å². The van der Waals surface area contributed by atoms with E-state index in [9.17, 15) is 10.1 Å². The number of nitrogens with one attached hydrogen (secondary N) is 1. The number of nitrogens with two attached hydrogens (primary N) is 2. The van der Waals surface area contributed by atoms with E-state index in [1.807, 2.05) is 41.9 Å². The second-order valence-corrected chi connectivity index (χ2v) is 9.65. The molecule has 0 unspecified atom stereocenters. The van der Waals surface area contributed by atoms with Gasteiger partial charge in [-0.25, -0.2) is 9.97 Å². The molecule has 0 spiro atoms. The van der Waals surface area contributed by atoms with E-state index < -0.39 is 0 Å². The van der Waals surface area contributed by atoms with Crippen molar-refractivity contribution in [3.05, 3.63) is 51.0 Å². The van der Waals surface area contributed by atoms with Gasteiger partial charge in [0, 0.05) is 10.9 Å². The fraction of sp³-hybridized carbons (Fsp3) is 0.0476. The Morgan fingerprint density at radius 2 is 2.03 bits per heavy atom. The fourth-order valence-electron chi connectivity index (χ4n) is 3.39. The van der Waals surface area contributed by atoms with Gasteiger partial charge in [-0.1, -0.05) is 17.4 Å². The summed E-state index contributed by atoms with van der Waals surface area (Å²) < 4.78 is 0.993. The van der Waals surface area contributed by atoms with Crippen molar-refractivity contribution in [3.63, 3.8) is 0 Å². The van der Waals surface area contributed by atoms with E-state index >= 15 is 0 Å². The van der Waals surface area contributed by atoms with Gasteiger partial charge in [0.25, 0.3) is 5.91 Å². The maximum absolute atomic E-state index is 13.0. The van der Waals surface area contributed by atoms with Crippen molar-refractivity contribution in [2.45, 2.75) is 6.92 Å². The van der Waals surface area contributed by atoms with Gasteiger partial charge in [0.05, 0.1) is 15.9 Å². The minimum atomic E-state index is -0.371. The first-order valence-electron chi connectivity index (χ1n) is 9.09. The summed E-state index contributed by atoms with van der Waals surface area (Å²) in [4.78, 5) is 22.7. The molecule has 0 saturated heterocycles. The molecule has 4 heterocycles. The van der Waals surface area contributed by atoms with Crippen molar-refractivity contribution in [2.24, 2.45) is 0 Å². The zero-order chi connectivity index (χ0) is 21.7. The summed E-state index contributed by atoms with van der Waals surface area (Å²) in [6.45, 7) is 2.01. The van der Waals surface area contributed by atoms with E-state index in [-0.39, 0.29) is 23.0 Å². The average Bonchev–Trinajstić information content (AvgIpc) is 3.46. The minimum Gasteiger partial charge on any atom is -0.397 e. The maximum Gasteiger partial charge on any atom is 0.269 e. The number of fused-ring (bicyclic) bond motifs is 2. The average molecular weight is 463 g/mol. The summed E-state index contributed by atoms with van der Waals surface area (Å²) in [5.74, 6) is -0.254. The van der Waals surface area contributed by atoms with Gasteiger partial charge in [-0.15, -0.1) is 11.3 Å². The van der Waals surface area contributed by atoms with E-state index in [2.05, 4.69) is 21.4 Å². The van der Waals surface area contributed by atoms with Gasteiger partial charge < -0.3 is 11.5 Å². The Labute approximate surface area is 188 Å². The lowest BCUT2D eigenvalue weighted by Crippen LogP contribution is -2.11. The molecule has 152 valence electrons. The molecule has 4 aromatic heterocycles. The zero-order valence-corrected chi connectivity index (χ0v) is 18.5. The molecule has 1 amide bonds. The summed E-state index contributed by atoms with van der Waals surface area (Å²) in [5.41, 5.74) is 16.4. The van der Waals surface area contributed by atoms with Gasteiger partial charge in [0.15, 0.2) is 5.13 Å². The molecule has 5 aromatic rings. The predicted octanol–water partition coefficient (Wildman–Crippen LogP) is 5.23. The molecule has 31 heavy (non-hydrogen) atoms. The first kappa shape index (κ1) is 19.4. The van der Waals surface area contributed by atoms with E-state index in [4.69, 9.17) is 11.5 Å². The van der Waals surface area contributed by atoms with E-state index in [1.54, 1.807) is 0 Å². The molecule has 0 fully saturated rings. The number of carbonyl (C=O) groups is 1. The van der Waals surface area contributed by atoms with Crippen LogP contribution in [0.3, 0.4) is 0 Å². The first-order chi connectivity index (χ1) is 15.0. The Morgan fingerprint density at radius 3 is 2.77 bits per heavy atom. The largest absolute Gasteiger partial charge is 0.397 e. The van der Waals surface area contributed by atoms with Crippen LogP contribution in [0.4, 0.5) is 16.6 Å². The SMILES string of the molecule is Cc1ccc2nc(NC(=O)c3sc4nc(N)c(C#N)c(-c5ccsc5)c4c3N)sc2c1. The number of aromatic nitrogens is 2. The molecule has 0 aliphatic heterocycles. The highest BCUT2D eigenvalue weighted by Crippen LogP contribution is 2.43. The number of hydrogen-bond acceptors (Lipinski definition) is 9. The number of nitriles is 1. The van der Waals surface area contributed by atoms with Crippen LogP contribution in [0, 0.1) is 18.3 Å². The van der Waals surface area contributed by atoms with Gasteiger partial charge in [-0.05, 0) is 47.0 Å². The Kier molecular flexibility index (Phi) is 4.59. The van der Waals surface area contributed by atoms with Crippen LogP contribution < -0.4 is 16.8 Å². The summed E-state index contributed by atoms with van der Waals surface area (Å²) in [6.07, 6.45) is 0. The zero-order valence-electron chi connectivity index (χ0n) is 16.1. The second kappa shape index (κ2) is 7.31. The third-order valence-corrected chi connectivity index (χ3v) is 7.51. The highest BCUT2D eigenvalue weighted by Gasteiger charge is 2.25. The van der Waals surface area contributed by atoms with Crippen LogP contribution in [0.1, 0.15) is 20.8 Å². The van der Waals surface area contributed by atoms with Gasteiger partial charge in [0.2, 0.25) is 0 Å². The van der Waals surface area contributed by atoms with Crippen LogP contribution >= 0.6 is 34.0 Å². The summed E-state index contributed by atoms with van der Waals surface area (Å²) in [7, 11) is 0. The van der Waals surface area contributed by atoms with Crippen LogP contribution in [0.2, 0.25) is 0 Å². The number of rotatable bonds is 3. The quantitative estimate of drug-likeness (QED) is 0.336. The number of nitrogen functional groups attached to an aromatic ring is 2. The lowest BCUT2D eigenvalue weighted by molar-refractivity contribution is 0.103. The molecule has 5 N–H and O–H groups in total. The maximum atomic E-state index is 13.0. The number of hydrogen-bond donors (Lipinski definition) is 3. The highest BCUT2D eigenvalue weighted by atomic mass is 32.1. The van der Waals surface area contributed by atoms with Crippen molar-refractivity contribution < 1.29 is 4.79 Å². The van der Waals surface area contributed by atoms with Crippen LogP contribution in [-0.2, 0) is 0 Å². The fourth-order valence-corrected chi connectivity index (χ4v) is 6.00. The Hall–Kier alpha value is -3.52. The number of thiazole rings is 1. The Balaban J connectivity index is 1.62. The van der Waals surface area contributed by atoms with Crippen molar-refractivity contribution in [1.29, 1.82) is 5.26 Å². The molecule has 0 aliphatic carbocycles. The minimum absolute atomic E-state index is 0.117. The predicted molar refractivity (Wildman–Crippen MR) is 129 cm³/mol. The number of carbonyl (C=O) groups excluding carboxylic acids is 1. The van der Waals surface area contributed by atoms with Gasteiger partial charge in [-0.2, -0.15) is 16.6 Å². The van der Waals surface area contributed by atoms with E-state index in [0.29, 0.717) is 25.8 Å². The van der Waals surface area contributed by atoms with E-state index in [1.165, 1.54) is 22.7 Å². The summed E-state index contributed by atoms with van der Waals surface area (Å²) in [5, 5.41) is 17.4. The number of aryl methyl sites for hydroxylation is 1. The molecular formula is C21H14N6OS3. The monoisotopic (exact) mass is 462 g/mol. The molecule has 5 rings (SSSR count). The molecule has 0 radical (unpaired) electrons. The van der Waals surface area contributed by atoms with Crippen LogP contribution in [0.25, 0.3) is 31.6 Å². The number of pyridine rings is 1. The number of thiophene rings is 2. The third kappa shape index (κ3) is 3.19. The first-order valence-corrected chi connectivity index (χ1v) is 11.7. The number of amides is 1. The van der Waals surface area contributed by atoms with Gasteiger partial charge in [0.1, 0.15) is 27.2 Å². The second-order valence-electron chi connectivity index (χ2n) is 6.84. The molecule has 0 atom stereocenters. The third-order valence-electron chi connectivity index (χ3n) is 4.80.